The third-order valence-electron chi connectivity index (χ3n) is 6.39. The van der Waals surface area contributed by atoms with Gasteiger partial charge in [0.25, 0.3) is 0 Å². The van der Waals surface area contributed by atoms with Crippen molar-refractivity contribution in [2.75, 3.05) is 5.73 Å². The Morgan fingerprint density at radius 3 is 2.51 bits per heavy atom. The lowest BCUT2D eigenvalue weighted by Crippen LogP contribution is -2.40. The maximum atomic E-state index is 13.6. The minimum absolute atomic E-state index is 0.0124. The highest BCUT2D eigenvalue weighted by Crippen LogP contribution is 2.37. The first-order valence-corrected chi connectivity index (χ1v) is 14.3. The summed E-state index contributed by atoms with van der Waals surface area (Å²) in [5, 5.41) is 0.169. The van der Waals surface area contributed by atoms with Crippen LogP contribution in [-0.4, -0.2) is 32.8 Å². The van der Waals surface area contributed by atoms with Gasteiger partial charge in [-0.1, -0.05) is 45.0 Å². The molecule has 3 aromatic heterocycles. The molecule has 0 aliphatic rings. The second-order valence-electron chi connectivity index (χ2n) is 10.1. The molecule has 0 radical (unpaired) electrons. The Hall–Kier alpha value is -3.37. The molecule has 0 aliphatic heterocycles. The van der Waals surface area contributed by atoms with Crippen LogP contribution in [0.2, 0.25) is 18.1 Å². The lowest BCUT2D eigenvalue weighted by molar-refractivity contribution is 0.275. The summed E-state index contributed by atoms with van der Waals surface area (Å²) in [7, 11) is -1.82. The van der Waals surface area contributed by atoms with Crippen LogP contribution in [0.4, 0.5) is 10.2 Å². The van der Waals surface area contributed by atoms with Gasteiger partial charge in [0.1, 0.15) is 17.9 Å². The van der Waals surface area contributed by atoms with Gasteiger partial charge in [0.05, 0.1) is 25.7 Å². The van der Waals surface area contributed by atoms with E-state index in [1.165, 1.54) is 0 Å². The summed E-state index contributed by atoms with van der Waals surface area (Å²) >= 11 is 0. The number of hydrogen-bond acceptors (Lipinski definition) is 7. The SMILES string of the molecule is CC(C)(C)[Si](C)(C)OCc1cccc(COc2cncc(Cn3cnc4c(N)nc(F)nc43)c2)c1. The van der Waals surface area contributed by atoms with Gasteiger partial charge in [0, 0.05) is 6.20 Å². The molecular weight excluding hydrogens is 463 g/mol. The molecule has 184 valence electrons. The van der Waals surface area contributed by atoms with Crippen LogP contribution in [0, 0.1) is 6.08 Å². The Morgan fingerprint density at radius 1 is 1.03 bits per heavy atom. The minimum Gasteiger partial charge on any atom is -0.487 e. The summed E-state index contributed by atoms with van der Waals surface area (Å²) in [4.78, 5) is 15.8. The number of nitrogen functional groups attached to an aromatic ring is 1. The number of hydrogen-bond donors (Lipinski definition) is 1. The molecule has 0 unspecified atom stereocenters. The highest BCUT2D eigenvalue weighted by atomic mass is 28.4. The number of rotatable bonds is 8. The zero-order valence-electron chi connectivity index (χ0n) is 20.7. The van der Waals surface area contributed by atoms with E-state index in [1.807, 2.05) is 18.2 Å². The molecule has 4 rings (SSSR count). The zero-order valence-corrected chi connectivity index (χ0v) is 21.7. The van der Waals surface area contributed by atoms with E-state index < -0.39 is 14.4 Å². The lowest BCUT2D eigenvalue weighted by atomic mass is 10.1. The summed E-state index contributed by atoms with van der Waals surface area (Å²) in [5.41, 5.74) is 9.48. The van der Waals surface area contributed by atoms with Gasteiger partial charge in [-0.05, 0) is 40.9 Å². The van der Waals surface area contributed by atoms with Crippen LogP contribution < -0.4 is 10.5 Å². The maximum Gasteiger partial charge on any atom is 0.312 e. The molecule has 2 N–H and O–H groups in total. The van der Waals surface area contributed by atoms with Crippen molar-refractivity contribution in [2.45, 2.75) is 58.7 Å². The quantitative estimate of drug-likeness (QED) is 0.269. The maximum absolute atomic E-state index is 13.6. The fourth-order valence-corrected chi connectivity index (χ4v) is 4.30. The van der Waals surface area contributed by atoms with Gasteiger partial charge in [-0.15, -0.1) is 0 Å². The standard InChI is InChI=1S/C25H31FN6O2Si/c1-25(2,3)35(4,5)34-15-18-8-6-7-17(9-18)14-33-20-10-19(11-28-12-20)13-32-16-29-21-22(27)30-24(26)31-23(21)32/h6-12,16H,13-15H2,1-5H3,(H2,27,30,31). The number of fused-ring (bicyclic) bond motifs is 1. The van der Waals surface area contributed by atoms with Crippen LogP contribution in [0.3, 0.4) is 0 Å². The number of nitrogens with two attached hydrogens (primary N) is 1. The third-order valence-corrected chi connectivity index (χ3v) is 10.9. The van der Waals surface area contributed by atoms with Gasteiger partial charge < -0.3 is 19.5 Å². The molecule has 35 heavy (non-hydrogen) atoms. The predicted octanol–water partition coefficient (Wildman–Crippen LogP) is 5.09. The third kappa shape index (κ3) is 5.83. The Labute approximate surface area is 205 Å². The molecular formula is C25H31FN6O2Si. The smallest absolute Gasteiger partial charge is 0.312 e. The van der Waals surface area contributed by atoms with Crippen molar-refractivity contribution < 1.29 is 13.6 Å². The first-order valence-electron chi connectivity index (χ1n) is 11.4. The van der Waals surface area contributed by atoms with E-state index in [9.17, 15) is 4.39 Å². The molecule has 0 spiro atoms. The van der Waals surface area contributed by atoms with Gasteiger partial charge in [0.2, 0.25) is 0 Å². The number of nitrogens with zero attached hydrogens (tertiary/aromatic N) is 5. The van der Waals surface area contributed by atoms with Crippen molar-refractivity contribution in [3.8, 4) is 5.75 Å². The monoisotopic (exact) mass is 494 g/mol. The largest absolute Gasteiger partial charge is 0.487 e. The van der Waals surface area contributed by atoms with E-state index in [-0.39, 0.29) is 10.9 Å². The average Bonchev–Trinajstić information content (AvgIpc) is 3.19. The van der Waals surface area contributed by atoms with Gasteiger partial charge in [0.15, 0.2) is 19.8 Å². The topological polar surface area (TPSA) is 101 Å². The molecule has 0 fully saturated rings. The number of benzene rings is 1. The van der Waals surface area contributed by atoms with E-state index in [0.717, 1.165) is 16.7 Å². The molecule has 0 saturated heterocycles. The molecule has 4 aromatic rings. The fraction of sp³-hybridized carbons (Fsp3) is 0.360. The van der Waals surface area contributed by atoms with Crippen LogP contribution in [-0.2, 0) is 24.2 Å². The van der Waals surface area contributed by atoms with Crippen molar-refractivity contribution >= 4 is 25.3 Å². The zero-order chi connectivity index (χ0) is 25.2. The Balaban J connectivity index is 1.41. The summed E-state index contributed by atoms with van der Waals surface area (Å²) < 4.78 is 27.7. The molecule has 8 nitrogen and oxygen atoms in total. The van der Waals surface area contributed by atoms with Crippen molar-refractivity contribution in [2.24, 2.45) is 0 Å². The van der Waals surface area contributed by atoms with E-state index in [0.29, 0.717) is 36.7 Å². The van der Waals surface area contributed by atoms with Crippen molar-refractivity contribution in [1.82, 2.24) is 24.5 Å². The van der Waals surface area contributed by atoms with Crippen LogP contribution in [0.15, 0.2) is 49.1 Å². The summed E-state index contributed by atoms with van der Waals surface area (Å²) in [6, 6.07) is 10.1. The highest BCUT2D eigenvalue weighted by Gasteiger charge is 2.37. The first-order chi connectivity index (χ1) is 16.5. The number of imidazole rings is 1. The number of ether oxygens (including phenoxy) is 1. The Kier molecular flexibility index (Phi) is 6.86. The molecule has 0 atom stereocenters. The fourth-order valence-electron chi connectivity index (χ4n) is 3.34. The molecule has 0 aliphatic carbocycles. The number of anilines is 1. The van der Waals surface area contributed by atoms with Gasteiger partial charge in [-0.3, -0.25) is 4.98 Å². The van der Waals surface area contributed by atoms with Gasteiger partial charge >= 0.3 is 6.08 Å². The van der Waals surface area contributed by atoms with Crippen LogP contribution in [0.1, 0.15) is 37.5 Å². The molecule has 0 amide bonds. The van der Waals surface area contributed by atoms with Crippen LogP contribution in [0.25, 0.3) is 11.2 Å². The highest BCUT2D eigenvalue weighted by molar-refractivity contribution is 6.74. The number of aromatic nitrogens is 5. The molecule has 3 heterocycles. The molecule has 10 heteroatoms. The van der Waals surface area contributed by atoms with Crippen molar-refractivity contribution in [1.29, 1.82) is 0 Å². The summed E-state index contributed by atoms with van der Waals surface area (Å²) in [6.45, 7) is 12.6. The number of halogens is 1. The van der Waals surface area contributed by atoms with Gasteiger partial charge in [-0.2, -0.15) is 14.4 Å². The van der Waals surface area contributed by atoms with E-state index in [2.05, 4.69) is 65.9 Å². The predicted molar refractivity (Wildman–Crippen MR) is 136 cm³/mol. The van der Waals surface area contributed by atoms with Crippen LogP contribution >= 0.6 is 0 Å². The minimum atomic E-state index is -1.82. The molecule has 0 bridgehead atoms. The van der Waals surface area contributed by atoms with E-state index in [4.69, 9.17) is 14.9 Å². The van der Waals surface area contributed by atoms with Gasteiger partial charge in [-0.25, -0.2) is 4.98 Å². The normalized spacial score (nSPS) is 12.3. The second kappa shape index (κ2) is 9.71. The molecule has 0 saturated carbocycles. The second-order valence-corrected chi connectivity index (χ2v) is 14.9. The molecule has 1 aromatic carbocycles. The van der Waals surface area contributed by atoms with E-state index >= 15 is 0 Å². The lowest BCUT2D eigenvalue weighted by Gasteiger charge is -2.36. The number of pyridine rings is 1. The average molecular weight is 495 g/mol. The summed E-state index contributed by atoms with van der Waals surface area (Å²) in [6.07, 6.45) is 4.06. The van der Waals surface area contributed by atoms with E-state index in [1.54, 1.807) is 23.3 Å². The Morgan fingerprint density at radius 2 is 1.77 bits per heavy atom. The first kappa shape index (κ1) is 24.7. The summed E-state index contributed by atoms with van der Waals surface area (Å²) in [5.74, 6) is 0.647. The van der Waals surface area contributed by atoms with Crippen molar-refractivity contribution in [3.05, 3.63) is 71.8 Å². The Bertz CT molecular complexity index is 1340. The van der Waals surface area contributed by atoms with Crippen molar-refractivity contribution in [3.63, 3.8) is 0 Å². The van der Waals surface area contributed by atoms with Crippen LogP contribution in [0.5, 0.6) is 5.75 Å².